The number of esters is 1. The van der Waals surface area contributed by atoms with Crippen molar-refractivity contribution in [3.05, 3.63) is 47.8 Å². The molecule has 1 amide bonds. The van der Waals surface area contributed by atoms with Crippen molar-refractivity contribution >= 4 is 34.3 Å². The molecule has 0 spiro atoms. The topological polar surface area (TPSA) is 88.9 Å². The number of benzene rings is 1. The van der Waals surface area contributed by atoms with Gasteiger partial charge in [0.05, 0.1) is 37.0 Å². The fraction of sp³-hybridized carbons (Fsp3) is 0.400. The van der Waals surface area contributed by atoms with Gasteiger partial charge in [-0.1, -0.05) is 6.07 Å². The molecule has 0 saturated carbocycles. The van der Waals surface area contributed by atoms with Gasteiger partial charge in [0.15, 0.2) is 0 Å². The summed E-state index contributed by atoms with van der Waals surface area (Å²) in [6, 6.07) is 9.57. The van der Waals surface area contributed by atoms with Gasteiger partial charge in [-0.2, -0.15) is 0 Å². The van der Waals surface area contributed by atoms with Crippen molar-refractivity contribution in [1.82, 2.24) is 14.5 Å². The van der Waals surface area contributed by atoms with Gasteiger partial charge < -0.3 is 24.3 Å². The van der Waals surface area contributed by atoms with Crippen LogP contribution in [-0.2, 0) is 16.6 Å². The number of pyridine rings is 1. The highest BCUT2D eigenvalue weighted by Gasteiger charge is 2.26. The Morgan fingerprint density at radius 3 is 2.53 bits per heavy atom. The van der Waals surface area contributed by atoms with E-state index in [4.69, 9.17) is 9.47 Å². The molecule has 1 N–H and O–H groups in total. The number of nitrogens with one attached hydrogen (secondary N) is 1. The number of aromatic nitrogens is 2. The minimum atomic E-state index is -0.417. The molecule has 9 nitrogen and oxygen atoms in total. The Kier molecular flexibility index (Phi) is 7.02. The lowest BCUT2D eigenvalue weighted by molar-refractivity contribution is -0.117. The average molecular weight is 466 g/mol. The maximum Gasteiger partial charge on any atom is 0.340 e. The number of nitrogens with zero attached hydrogens (tertiary/aromatic N) is 4. The lowest BCUT2D eigenvalue weighted by Gasteiger charge is -2.35. The smallest absolute Gasteiger partial charge is 0.340 e. The van der Waals surface area contributed by atoms with Crippen LogP contribution in [0.1, 0.15) is 23.0 Å². The number of carbonyl (C=O) groups is 2. The van der Waals surface area contributed by atoms with Gasteiger partial charge in [0.25, 0.3) is 0 Å². The fourth-order valence-corrected chi connectivity index (χ4v) is 4.44. The summed E-state index contributed by atoms with van der Waals surface area (Å²) in [5, 5.41) is 3.65. The third kappa shape index (κ3) is 4.56. The second kappa shape index (κ2) is 10.1. The van der Waals surface area contributed by atoms with Crippen LogP contribution >= 0.6 is 0 Å². The summed E-state index contributed by atoms with van der Waals surface area (Å²) < 4.78 is 12.8. The summed E-state index contributed by atoms with van der Waals surface area (Å²) in [5.74, 6) is 0.874. The van der Waals surface area contributed by atoms with Crippen LogP contribution in [0.4, 0.5) is 11.5 Å². The van der Waals surface area contributed by atoms with Crippen molar-refractivity contribution < 1.29 is 19.1 Å². The van der Waals surface area contributed by atoms with Gasteiger partial charge in [0.2, 0.25) is 5.91 Å². The maximum absolute atomic E-state index is 13.1. The summed E-state index contributed by atoms with van der Waals surface area (Å²) >= 11 is 0. The Morgan fingerprint density at radius 2 is 1.88 bits per heavy atom. The summed E-state index contributed by atoms with van der Waals surface area (Å²) in [5.41, 5.74) is 2.52. The zero-order valence-electron chi connectivity index (χ0n) is 20.1. The van der Waals surface area contributed by atoms with Gasteiger partial charge in [-0.25, -0.2) is 9.78 Å². The van der Waals surface area contributed by atoms with Crippen LogP contribution in [0.5, 0.6) is 5.75 Å². The molecule has 1 aliphatic heterocycles. The first-order valence-electron chi connectivity index (χ1n) is 11.5. The van der Waals surface area contributed by atoms with Crippen molar-refractivity contribution in [3.63, 3.8) is 0 Å². The van der Waals surface area contributed by atoms with E-state index in [9.17, 15) is 9.59 Å². The first-order valence-corrected chi connectivity index (χ1v) is 11.5. The number of fused-ring (bicyclic) bond motifs is 1. The summed E-state index contributed by atoms with van der Waals surface area (Å²) in [6.45, 7) is 7.26. The SMILES string of the molecule is CCOC(=O)c1c(C)n(C)c2ccc(OC)c(NC(=O)CN3CCN(c4ccccn4)CC3)c12. The van der Waals surface area contributed by atoms with E-state index in [1.807, 2.05) is 42.8 Å². The number of hydrogen-bond donors (Lipinski definition) is 1. The highest BCUT2D eigenvalue weighted by Crippen LogP contribution is 2.38. The lowest BCUT2D eigenvalue weighted by Crippen LogP contribution is -2.48. The molecule has 1 saturated heterocycles. The van der Waals surface area contributed by atoms with Crippen molar-refractivity contribution in [1.29, 1.82) is 0 Å². The van der Waals surface area contributed by atoms with Crippen molar-refractivity contribution in [3.8, 4) is 5.75 Å². The predicted octanol–water partition coefficient (Wildman–Crippen LogP) is 2.83. The minimum absolute atomic E-state index is 0.159. The highest BCUT2D eigenvalue weighted by atomic mass is 16.5. The van der Waals surface area contributed by atoms with Crippen molar-refractivity contribution in [2.24, 2.45) is 7.05 Å². The van der Waals surface area contributed by atoms with E-state index >= 15 is 0 Å². The predicted molar refractivity (Wildman–Crippen MR) is 132 cm³/mol. The largest absolute Gasteiger partial charge is 0.495 e. The fourth-order valence-electron chi connectivity index (χ4n) is 4.44. The van der Waals surface area contributed by atoms with E-state index in [0.717, 1.165) is 43.2 Å². The molecule has 0 radical (unpaired) electrons. The monoisotopic (exact) mass is 465 g/mol. The molecule has 0 bridgehead atoms. The first kappa shape index (κ1) is 23.6. The molecule has 0 aliphatic carbocycles. The van der Waals surface area contributed by atoms with Gasteiger partial charge in [-0.05, 0) is 38.1 Å². The number of piperazine rings is 1. The number of amides is 1. The van der Waals surface area contributed by atoms with E-state index in [1.165, 1.54) is 0 Å². The molecule has 3 aromatic rings. The number of methoxy groups -OCH3 is 1. The van der Waals surface area contributed by atoms with Crippen LogP contribution in [0.2, 0.25) is 0 Å². The molecule has 3 heterocycles. The maximum atomic E-state index is 13.1. The molecule has 2 aromatic heterocycles. The molecule has 4 rings (SSSR count). The number of aryl methyl sites for hydroxylation is 1. The Balaban J connectivity index is 1.54. The van der Waals surface area contributed by atoms with Crippen LogP contribution in [0, 0.1) is 6.92 Å². The van der Waals surface area contributed by atoms with Crippen molar-refractivity contribution in [2.45, 2.75) is 13.8 Å². The van der Waals surface area contributed by atoms with E-state index in [1.54, 1.807) is 26.3 Å². The molecule has 1 aromatic carbocycles. The van der Waals surface area contributed by atoms with E-state index in [0.29, 0.717) is 22.4 Å². The van der Waals surface area contributed by atoms with E-state index in [2.05, 4.69) is 20.1 Å². The molecule has 0 atom stereocenters. The zero-order chi connectivity index (χ0) is 24.2. The lowest BCUT2D eigenvalue weighted by atomic mass is 10.1. The van der Waals surface area contributed by atoms with Crippen LogP contribution in [0.15, 0.2) is 36.5 Å². The van der Waals surface area contributed by atoms with Gasteiger partial charge in [-0.3, -0.25) is 9.69 Å². The van der Waals surface area contributed by atoms with E-state index in [-0.39, 0.29) is 19.1 Å². The Morgan fingerprint density at radius 1 is 1.12 bits per heavy atom. The second-order valence-corrected chi connectivity index (χ2v) is 8.28. The molecule has 180 valence electrons. The van der Waals surface area contributed by atoms with Crippen LogP contribution in [-0.4, -0.2) is 72.8 Å². The Labute approximate surface area is 199 Å². The summed E-state index contributed by atoms with van der Waals surface area (Å²) in [4.78, 5) is 34.6. The number of anilines is 2. The molecular formula is C25H31N5O4. The number of carbonyl (C=O) groups excluding carboxylic acids is 2. The number of rotatable bonds is 7. The van der Waals surface area contributed by atoms with Crippen LogP contribution < -0.4 is 15.0 Å². The standard InChI is InChI=1S/C25H31N5O4/c1-5-34-25(32)22-17(2)28(3)18-9-10-19(33-4)24(23(18)22)27-21(31)16-29-12-14-30(15-13-29)20-8-6-7-11-26-20/h6-11H,5,12-16H2,1-4H3,(H,27,31). The quantitative estimate of drug-likeness (QED) is 0.537. The molecule has 34 heavy (non-hydrogen) atoms. The minimum Gasteiger partial charge on any atom is -0.495 e. The molecule has 0 unspecified atom stereocenters. The van der Waals surface area contributed by atoms with Gasteiger partial charge in [0, 0.05) is 50.5 Å². The van der Waals surface area contributed by atoms with E-state index < -0.39 is 5.97 Å². The number of hydrogen-bond acceptors (Lipinski definition) is 7. The average Bonchev–Trinajstić information content (AvgIpc) is 3.11. The highest BCUT2D eigenvalue weighted by molar-refractivity contribution is 6.14. The second-order valence-electron chi connectivity index (χ2n) is 8.28. The summed E-state index contributed by atoms with van der Waals surface area (Å²) in [7, 11) is 3.44. The van der Waals surface area contributed by atoms with Crippen LogP contribution in [0.3, 0.4) is 0 Å². The molecule has 1 fully saturated rings. The first-order chi connectivity index (χ1) is 16.4. The van der Waals surface area contributed by atoms with Gasteiger partial charge >= 0.3 is 5.97 Å². The van der Waals surface area contributed by atoms with Gasteiger partial charge in [-0.15, -0.1) is 0 Å². The number of ether oxygens (including phenoxy) is 2. The third-order valence-electron chi connectivity index (χ3n) is 6.30. The summed E-state index contributed by atoms with van der Waals surface area (Å²) in [6.07, 6.45) is 1.79. The normalized spacial score (nSPS) is 14.3. The van der Waals surface area contributed by atoms with Crippen LogP contribution in [0.25, 0.3) is 10.9 Å². The Bertz CT molecular complexity index is 1180. The molecule has 1 aliphatic rings. The molecule has 9 heteroatoms. The van der Waals surface area contributed by atoms with Gasteiger partial charge in [0.1, 0.15) is 11.6 Å². The molecular weight excluding hydrogens is 434 g/mol. The zero-order valence-corrected chi connectivity index (χ0v) is 20.1. The van der Waals surface area contributed by atoms with Crippen molar-refractivity contribution in [2.75, 3.05) is 56.7 Å². The third-order valence-corrected chi connectivity index (χ3v) is 6.30. The Hall–Kier alpha value is -3.59.